The second kappa shape index (κ2) is 10.3. The van der Waals surface area contributed by atoms with Gasteiger partial charge in [0.05, 0.1) is 31.2 Å². The summed E-state index contributed by atoms with van der Waals surface area (Å²) in [7, 11) is 1.69. The number of ether oxygens (including phenoxy) is 2. The van der Waals surface area contributed by atoms with Crippen LogP contribution < -0.4 is 0 Å². The minimum Gasteiger partial charge on any atom is -0.508 e. The highest BCUT2D eigenvalue weighted by atomic mass is 16.5. The summed E-state index contributed by atoms with van der Waals surface area (Å²) in [6.07, 6.45) is 9.69. The Labute approximate surface area is 208 Å². The monoisotopic (exact) mass is 479 g/mol. The molecule has 2 amide bonds. The van der Waals surface area contributed by atoms with Crippen molar-refractivity contribution >= 4 is 17.9 Å². The molecule has 1 aromatic rings. The van der Waals surface area contributed by atoms with Gasteiger partial charge in [-0.2, -0.15) is 0 Å². The van der Waals surface area contributed by atoms with Crippen molar-refractivity contribution in [3.63, 3.8) is 0 Å². The van der Waals surface area contributed by atoms with E-state index in [1.54, 1.807) is 24.1 Å². The molecule has 1 aromatic carbocycles. The Morgan fingerprint density at radius 1 is 1.11 bits per heavy atom. The predicted molar refractivity (Wildman–Crippen MR) is 133 cm³/mol. The summed E-state index contributed by atoms with van der Waals surface area (Å²) in [4.78, 5) is 28.7. The van der Waals surface area contributed by atoms with Gasteiger partial charge in [-0.1, -0.05) is 43.0 Å². The Hall–Kier alpha value is -2.44. The second-order valence-corrected chi connectivity index (χ2v) is 10.7. The van der Waals surface area contributed by atoms with Gasteiger partial charge in [0.25, 0.3) is 0 Å². The number of likely N-dealkylation sites (tertiary alicyclic amines) is 1. The molecule has 2 heterocycles. The first kappa shape index (κ1) is 24.3. The van der Waals surface area contributed by atoms with Crippen molar-refractivity contribution in [3.05, 3.63) is 46.5 Å². The number of methoxy groups -OCH3 is 1. The van der Waals surface area contributed by atoms with Crippen molar-refractivity contribution in [1.29, 1.82) is 0 Å². The Morgan fingerprint density at radius 2 is 1.86 bits per heavy atom. The number of benzene rings is 1. The number of hydrogen-bond donors (Lipinski definition) is 1. The van der Waals surface area contributed by atoms with Crippen molar-refractivity contribution in [3.8, 4) is 5.75 Å². The molecular weight excluding hydrogens is 442 g/mol. The first-order valence-electron chi connectivity index (χ1n) is 13.1. The third-order valence-corrected chi connectivity index (χ3v) is 8.41. The van der Waals surface area contributed by atoms with Crippen LogP contribution in [0.5, 0.6) is 5.75 Å². The van der Waals surface area contributed by atoms with E-state index in [2.05, 4.69) is 13.0 Å². The number of imide groups is 1. The van der Waals surface area contributed by atoms with Crippen LogP contribution in [0.3, 0.4) is 0 Å². The molecule has 35 heavy (non-hydrogen) atoms. The lowest BCUT2D eigenvalue weighted by molar-refractivity contribution is -0.143. The quantitative estimate of drug-likeness (QED) is 0.446. The lowest BCUT2D eigenvalue weighted by Gasteiger charge is -2.31. The highest BCUT2D eigenvalue weighted by Crippen LogP contribution is 2.50. The zero-order valence-corrected chi connectivity index (χ0v) is 20.9. The summed E-state index contributed by atoms with van der Waals surface area (Å²) < 4.78 is 11.9. The highest BCUT2D eigenvalue weighted by Gasteiger charge is 2.58. The van der Waals surface area contributed by atoms with Crippen LogP contribution in [0.15, 0.2) is 41.0 Å². The van der Waals surface area contributed by atoms with E-state index >= 15 is 0 Å². The van der Waals surface area contributed by atoms with E-state index in [9.17, 15) is 14.7 Å². The molecule has 6 heteroatoms. The van der Waals surface area contributed by atoms with Crippen molar-refractivity contribution in [2.75, 3.05) is 20.3 Å². The van der Waals surface area contributed by atoms with Crippen LogP contribution in [-0.4, -0.2) is 54.3 Å². The molecule has 0 spiro atoms. The number of amides is 2. The summed E-state index contributed by atoms with van der Waals surface area (Å²) in [5, 5.41) is 9.51. The number of carbonyl (C=O) groups excluding carboxylic acids is 2. The number of phenols is 1. The minimum atomic E-state index is -0.279. The van der Waals surface area contributed by atoms with E-state index in [0.29, 0.717) is 19.6 Å². The zero-order chi connectivity index (χ0) is 24.5. The van der Waals surface area contributed by atoms with E-state index in [-0.39, 0.29) is 47.5 Å². The fourth-order valence-electron chi connectivity index (χ4n) is 6.79. The molecule has 188 valence electrons. The van der Waals surface area contributed by atoms with Crippen LogP contribution >= 0.6 is 0 Å². The molecule has 2 aliphatic heterocycles. The molecule has 1 N–H and O–H groups in total. The third-order valence-electron chi connectivity index (χ3n) is 8.41. The average Bonchev–Trinajstić information content (AvgIpc) is 3.39. The van der Waals surface area contributed by atoms with Gasteiger partial charge in [0.15, 0.2) is 0 Å². The maximum absolute atomic E-state index is 13.6. The largest absolute Gasteiger partial charge is 0.508 e. The number of phenolic OH excluding ortho intramolecular Hbond substituents is 1. The third kappa shape index (κ3) is 4.70. The lowest BCUT2D eigenvalue weighted by Crippen LogP contribution is -2.42. The van der Waals surface area contributed by atoms with Crippen LogP contribution in [0.1, 0.15) is 63.9 Å². The van der Waals surface area contributed by atoms with Crippen LogP contribution in [-0.2, 0) is 19.1 Å². The Morgan fingerprint density at radius 3 is 2.57 bits per heavy atom. The van der Waals surface area contributed by atoms with Crippen LogP contribution in [0.25, 0.3) is 6.08 Å². The van der Waals surface area contributed by atoms with E-state index in [1.807, 2.05) is 12.1 Å². The molecule has 2 saturated heterocycles. The number of allylic oxidation sites excluding steroid dienone is 1. The molecule has 5 rings (SSSR count). The Bertz CT molecular complexity index is 1020. The molecule has 4 atom stereocenters. The van der Waals surface area contributed by atoms with Crippen LogP contribution in [0, 0.1) is 17.8 Å². The van der Waals surface area contributed by atoms with Crippen molar-refractivity contribution in [1.82, 2.24) is 4.90 Å². The van der Waals surface area contributed by atoms with Gasteiger partial charge in [-0.15, -0.1) is 0 Å². The van der Waals surface area contributed by atoms with Crippen LogP contribution in [0.2, 0.25) is 0 Å². The first-order chi connectivity index (χ1) is 17.0. The van der Waals surface area contributed by atoms with Gasteiger partial charge in [-0.25, -0.2) is 0 Å². The highest BCUT2D eigenvalue weighted by molar-refractivity contribution is 6.06. The molecule has 4 aliphatic rings. The smallest absolute Gasteiger partial charge is 0.234 e. The van der Waals surface area contributed by atoms with Gasteiger partial charge in [0.2, 0.25) is 11.8 Å². The van der Waals surface area contributed by atoms with E-state index < -0.39 is 0 Å². The van der Waals surface area contributed by atoms with Gasteiger partial charge < -0.3 is 14.6 Å². The summed E-state index contributed by atoms with van der Waals surface area (Å²) in [5.41, 5.74) is 4.68. The maximum atomic E-state index is 13.6. The fraction of sp³-hybridized carbons (Fsp3) is 0.586. The molecule has 0 unspecified atom stereocenters. The first-order valence-corrected chi connectivity index (χ1v) is 13.1. The summed E-state index contributed by atoms with van der Waals surface area (Å²) in [5.74, 6) is -0.217. The summed E-state index contributed by atoms with van der Waals surface area (Å²) >= 11 is 0. The van der Waals surface area contributed by atoms with Crippen molar-refractivity contribution in [2.45, 2.75) is 70.4 Å². The molecular formula is C29H37NO5. The summed E-state index contributed by atoms with van der Waals surface area (Å²) in [6.45, 7) is 3.11. The van der Waals surface area contributed by atoms with Gasteiger partial charge in [-0.05, 0) is 67.9 Å². The Balaban J connectivity index is 1.33. The van der Waals surface area contributed by atoms with Crippen molar-refractivity contribution < 1.29 is 24.2 Å². The van der Waals surface area contributed by atoms with Gasteiger partial charge >= 0.3 is 0 Å². The van der Waals surface area contributed by atoms with Gasteiger partial charge in [-0.3, -0.25) is 14.5 Å². The number of fused-ring (bicyclic) bond motifs is 3. The molecule has 0 bridgehead atoms. The summed E-state index contributed by atoms with van der Waals surface area (Å²) in [6, 6.07) is 7.28. The standard InChI is InChI=1S/C29H37NO5/c1-18(14-19-9-11-22(31)12-10-19)8-13-25-26-20(16-34-2)15-23-27(24(26)17-35-25)29(33)30(28(23)32)21-6-4-3-5-7-21/h9-12,14,21,23-25,27,31H,3-8,13,15-17H2,1-2H3/b18-14+/t23-,24+,25-,27-/m1/s1. The van der Waals surface area contributed by atoms with Crippen LogP contribution in [0.4, 0.5) is 0 Å². The average molecular weight is 480 g/mol. The minimum absolute atomic E-state index is 0.0182. The zero-order valence-electron chi connectivity index (χ0n) is 20.9. The van der Waals surface area contributed by atoms with Crippen molar-refractivity contribution in [2.24, 2.45) is 17.8 Å². The number of hydrogen-bond acceptors (Lipinski definition) is 5. The topological polar surface area (TPSA) is 76.1 Å². The molecule has 3 fully saturated rings. The maximum Gasteiger partial charge on any atom is 0.234 e. The lowest BCUT2D eigenvalue weighted by atomic mass is 9.69. The molecule has 1 saturated carbocycles. The fourth-order valence-corrected chi connectivity index (χ4v) is 6.79. The number of aromatic hydroxyl groups is 1. The second-order valence-electron chi connectivity index (χ2n) is 10.7. The molecule has 6 nitrogen and oxygen atoms in total. The number of rotatable bonds is 7. The van der Waals surface area contributed by atoms with E-state index in [4.69, 9.17) is 9.47 Å². The van der Waals surface area contributed by atoms with E-state index in [1.165, 1.54) is 17.6 Å². The van der Waals surface area contributed by atoms with Gasteiger partial charge in [0, 0.05) is 19.1 Å². The van der Waals surface area contributed by atoms with E-state index in [0.717, 1.165) is 49.7 Å². The molecule has 2 aliphatic carbocycles. The molecule has 0 aromatic heterocycles. The Kier molecular flexibility index (Phi) is 7.12. The van der Waals surface area contributed by atoms with Gasteiger partial charge in [0.1, 0.15) is 5.75 Å². The predicted octanol–water partition coefficient (Wildman–Crippen LogP) is 4.87. The number of carbonyl (C=O) groups is 2. The number of nitrogens with zero attached hydrogens (tertiary/aromatic N) is 1. The SMILES string of the molecule is COCC1=C2[C@@H](CC/C(C)=C/c3ccc(O)cc3)OC[C@@H]2[C@@H]2C(=O)N(C3CCCCC3)C(=O)[C@@H]2C1. The normalized spacial score (nSPS) is 29.7. The molecule has 0 radical (unpaired) electrons.